The number of fused-ring (bicyclic) bond motifs is 1. The van der Waals surface area contributed by atoms with Crippen LogP contribution in [-0.4, -0.2) is 23.3 Å². The molecule has 0 aliphatic heterocycles. The van der Waals surface area contributed by atoms with Crippen LogP contribution in [0.15, 0.2) is 54.7 Å². The molecule has 2 aromatic carbocycles. The fraction of sp³-hybridized carbons (Fsp3) is 0.150. The first-order valence-electron chi connectivity index (χ1n) is 8.03. The molecule has 1 heterocycles. The predicted octanol–water partition coefficient (Wildman–Crippen LogP) is 3.22. The van der Waals surface area contributed by atoms with Gasteiger partial charge in [0.2, 0.25) is 5.91 Å². The number of nitrogens with one attached hydrogen (secondary N) is 2. The molecule has 25 heavy (non-hydrogen) atoms. The molecule has 0 fully saturated rings. The van der Waals surface area contributed by atoms with Crippen molar-refractivity contribution in [3.8, 4) is 0 Å². The highest BCUT2D eigenvalue weighted by Crippen LogP contribution is 2.20. The number of carbonyl (C=O) groups excluding carboxylic acids is 2. The van der Waals surface area contributed by atoms with E-state index in [1.54, 1.807) is 24.4 Å². The minimum atomic E-state index is -0.295. The number of carbonyl (C=O) groups is 2. The predicted molar refractivity (Wildman–Crippen MR) is 98.6 cm³/mol. The number of amides is 2. The molecule has 126 valence electrons. The van der Waals surface area contributed by atoms with E-state index in [9.17, 15) is 9.59 Å². The van der Waals surface area contributed by atoms with Gasteiger partial charge in [0.25, 0.3) is 5.91 Å². The number of para-hydroxylation sites is 1. The highest BCUT2D eigenvalue weighted by molar-refractivity contribution is 6.03. The van der Waals surface area contributed by atoms with E-state index < -0.39 is 0 Å². The minimum absolute atomic E-state index is 0.102. The van der Waals surface area contributed by atoms with Crippen molar-refractivity contribution < 1.29 is 9.59 Å². The van der Waals surface area contributed by atoms with Crippen molar-refractivity contribution in [2.45, 2.75) is 13.8 Å². The second-order valence-corrected chi connectivity index (χ2v) is 5.99. The summed E-state index contributed by atoms with van der Waals surface area (Å²) in [4.78, 5) is 28.7. The molecular weight excluding hydrogens is 314 g/mol. The van der Waals surface area contributed by atoms with Crippen LogP contribution in [0.25, 0.3) is 10.9 Å². The van der Waals surface area contributed by atoms with Crippen molar-refractivity contribution in [2.24, 2.45) is 0 Å². The standard InChI is InChI=1S/C20H19N3O2/c1-13-9-14(2)11-16(10-13)20(25)22-12-18(24)23-17-7-3-5-15-6-4-8-21-19(15)17/h3-11H,12H2,1-2H3,(H,22,25)(H,23,24). The Kier molecular flexibility index (Phi) is 4.75. The number of benzene rings is 2. The van der Waals surface area contributed by atoms with Gasteiger partial charge in [0, 0.05) is 17.1 Å². The molecule has 0 bridgehead atoms. The smallest absolute Gasteiger partial charge is 0.251 e. The molecule has 0 saturated heterocycles. The first-order valence-corrected chi connectivity index (χ1v) is 8.03. The van der Waals surface area contributed by atoms with E-state index in [0.29, 0.717) is 11.3 Å². The largest absolute Gasteiger partial charge is 0.343 e. The molecule has 2 amide bonds. The average Bonchev–Trinajstić information content (AvgIpc) is 2.59. The zero-order valence-electron chi connectivity index (χ0n) is 14.2. The normalized spacial score (nSPS) is 10.5. The van der Waals surface area contributed by atoms with Gasteiger partial charge in [0.1, 0.15) is 0 Å². The molecule has 5 heteroatoms. The Hall–Kier alpha value is -3.21. The lowest BCUT2D eigenvalue weighted by Gasteiger charge is -2.09. The fourth-order valence-electron chi connectivity index (χ4n) is 2.77. The van der Waals surface area contributed by atoms with Gasteiger partial charge in [-0.2, -0.15) is 0 Å². The topological polar surface area (TPSA) is 71.1 Å². The van der Waals surface area contributed by atoms with Crippen molar-refractivity contribution in [1.82, 2.24) is 10.3 Å². The molecule has 0 spiro atoms. The van der Waals surface area contributed by atoms with Gasteiger partial charge in [-0.15, -0.1) is 0 Å². The van der Waals surface area contributed by atoms with Crippen LogP contribution in [0.4, 0.5) is 5.69 Å². The Balaban J connectivity index is 1.65. The maximum atomic E-state index is 12.2. The van der Waals surface area contributed by atoms with Crippen molar-refractivity contribution in [2.75, 3.05) is 11.9 Å². The zero-order chi connectivity index (χ0) is 17.8. The Labute approximate surface area is 146 Å². The van der Waals surface area contributed by atoms with Gasteiger partial charge in [-0.1, -0.05) is 35.4 Å². The lowest BCUT2D eigenvalue weighted by molar-refractivity contribution is -0.115. The van der Waals surface area contributed by atoms with E-state index in [0.717, 1.165) is 22.0 Å². The van der Waals surface area contributed by atoms with Gasteiger partial charge in [-0.25, -0.2) is 0 Å². The molecule has 5 nitrogen and oxygen atoms in total. The summed E-state index contributed by atoms with van der Waals surface area (Å²) in [6, 6.07) is 14.9. The summed E-state index contributed by atoms with van der Waals surface area (Å²) in [6.45, 7) is 3.77. The molecule has 0 unspecified atom stereocenters. The third-order valence-corrected chi connectivity index (χ3v) is 3.80. The van der Waals surface area contributed by atoms with Crippen LogP contribution in [0.5, 0.6) is 0 Å². The van der Waals surface area contributed by atoms with Crippen LogP contribution in [0.2, 0.25) is 0 Å². The van der Waals surface area contributed by atoms with E-state index in [2.05, 4.69) is 15.6 Å². The second-order valence-electron chi connectivity index (χ2n) is 5.99. The SMILES string of the molecule is Cc1cc(C)cc(C(=O)NCC(=O)Nc2cccc3cccnc23)c1. The summed E-state index contributed by atoms with van der Waals surface area (Å²) < 4.78 is 0. The molecule has 2 N–H and O–H groups in total. The summed E-state index contributed by atoms with van der Waals surface area (Å²) in [5, 5.41) is 6.39. The van der Waals surface area contributed by atoms with Crippen LogP contribution in [-0.2, 0) is 4.79 Å². The summed E-state index contributed by atoms with van der Waals surface area (Å²) in [5.74, 6) is -0.561. The van der Waals surface area contributed by atoms with Gasteiger partial charge in [-0.3, -0.25) is 14.6 Å². The van der Waals surface area contributed by atoms with Crippen molar-refractivity contribution >= 4 is 28.4 Å². The summed E-state index contributed by atoms with van der Waals surface area (Å²) in [7, 11) is 0. The quantitative estimate of drug-likeness (QED) is 0.770. The lowest BCUT2D eigenvalue weighted by atomic mass is 10.1. The molecule has 3 aromatic rings. The number of hydrogen-bond acceptors (Lipinski definition) is 3. The van der Waals surface area contributed by atoms with E-state index >= 15 is 0 Å². The van der Waals surface area contributed by atoms with E-state index in [4.69, 9.17) is 0 Å². The second kappa shape index (κ2) is 7.13. The maximum Gasteiger partial charge on any atom is 0.251 e. The number of rotatable bonds is 4. The van der Waals surface area contributed by atoms with Crippen LogP contribution in [0, 0.1) is 13.8 Å². The van der Waals surface area contributed by atoms with Gasteiger partial charge in [-0.05, 0) is 38.1 Å². The van der Waals surface area contributed by atoms with Gasteiger partial charge >= 0.3 is 0 Å². The highest BCUT2D eigenvalue weighted by atomic mass is 16.2. The monoisotopic (exact) mass is 333 g/mol. The number of anilines is 1. The molecule has 0 aliphatic rings. The number of hydrogen-bond donors (Lipinski definition) is 2. The first kappa shape index (κ1) is 16.6. The van der Waals surface area contributed by atoms with E-state index in [-0.39, 0.29) is 18.4 Å². The Morgan fingerprint density at radius 2 is 1.72 bits per heavy atom. The van der Waals surface area contributed by atoms with Crippen LogP contribution < -0.4 is 10.6 Å². The van der Waals surface area contributed by atoms with Crippen LogP contribution >= 0.6 is 0 Å². The number of aromatic nitrogens is 1. The van der Waals surface area contributed by atoms with E-state index in [1.807, 2.05) is 44.2 Å². The third kappa shape index (κ3) is 4.01. The Bertz CT molecular complexity index is 925. The number of nitrogens with zero attached hydrogens (tertiary/aromatic N) is 1. The van der Waals surface area contributed by atoms with E-state index in [1.165, 1.54) is 0 Å². The van der Waals surface area contributed by atoms with Gasteiger partial charge < -0.3 is 10.6 Å². The Morgan fingerprint density at radius 1 is 1.00 bits per heavy atom. The molecule has 1 aromatic heterocycles. The fourth-order valence-corrected chi connectivity index (χ4v) is 2.77. The van der Waals surface area contributed by atoms with Gasteiger partial charge in [0.05, 0.1) is 17.7 Å². The molecule has 0 atom stereocenters. The lowest BCUT2D eigenvalue weighted by Crippen LogP contribution is -2.33. The average molecular weight is 333 g/mol. The summed E-state index contributed by atoms with van der Waals surface area (Å²) in [6.07, 6.45) is 1.68. The number of aryl methyl sites for hydroxylation is 2. The van der Waals surface area contributed by atoms with Gasteiger partial charge in [0.15, 0.2) is 0 Å². The molecule has 3 rings (SSSR count). The zero-order valence-corrected chi connectivity index (χ0v) is 14.2. The third-order valence-electron chi connectivity index (χ3n) is 3.80. The van der Waals surface area contributed by atoms with Crippen LogP contribution in [0.3, 0.4) is 0 Å². The minimum Gasteiger partial charge on any atom is -0.343 e. The summed E-state index contributed by atoms with van der Waals surface area (Å²) in [5.41, 5.74) is 3.92. The Morgan fingerprint density at radius 3 is 2.48 bits per heavy atom. The van der Waals surface area contributed by atoms with Crippen molar-refractivity contribution in [3.05, 3.63) is 71.4 Å². The van der Waals surface area contributed by atoms with Crippen molar-refractivity contribution in [3.63, 3.8) is 0 Å². The van der Waals surface area contributed by atoms with Crippen molar-refractivity contribution in [1.29, 1.82) is 0 Å². The first-order chi connectivity index (χ1) is 12.0. The molecule has 0 radical (unpaired) electrons. The molecule has 0 aliphatic carbocycles. The highest BCUT2D eigenvalue weighted by Gasteiger charge is 2.10. The number of pyridine rings is 1. The maximum absolute atomic E-state index is 12.2. The molecular formula is C20H19N3O2. The molecule has 0 saturated carbocycles. The summed E-state index contributed by atoms with van der Waals surface area (Å²) >= 11 is 0. The van der Waals surface area contributed by atoms with Crippen LogP contribution in [0.1, 0.15) is 21.5 Å².